The van der Waals surface area contributed by atoms with E-state index in [4.69, 9.17) is 0 Å². The van der Waals surface area contributed by atoms with Crippen LogP contribution in [0.3, 0.4) is 0 Å². The lowest BCUT2D eigenvalue weighted by molar-refractivity contribution is 0.255. The van der Waals surface area contributed by atoms with E-state index in [1.807, 2.05) is 0 Å². The highest BCUT2D eigenvalue weighted by atomic mass is 15.3. The second-order valence-corrected chi connectivity index (χ2v) is 5.85. The van der Waals surface area contributed by atoms with E-state index >= 15 is 0 Å². The van der Waals surface area contributed by atoms with Gasteiger partial charge in [0.05, 0.1) is 0 Å². The summed E-state index contributed by atoms with van der Waals surface area (Å²) in [6.07, 6.45) is 5.56. The average Bonchev–Trinajstić information content (AvgIpc) is 2.91. The van der Waals surface area contributed by atoms with Gasteiger partial charge in [-0.25, -0.2) is 0 Å². The maximum atomic E-state index is 3.71. The predicted octanol–water partition coefficient (Wildman–Crippen LogP) is 2.25. The fourth-order valence-corrected chi connectivity index (χ4v) is 2.70. The van der Waals surface area contributed by atoms with Crippen LogP contribution in [0.2, 0.25) is 0 Å². The molecule has 2 atom stereocenters. The largest absolute Gasteiger partial charge is 0.313 e. The summed E-state index contributed by atoms with van der Waals surface area (Å²) in [6.45, 7) is 9.49. The lowest BCUT2D eigenvalue weighted by Crippen LogP contribution is -2.34. The van der Waals surface area contributed by atoms with Gasteiger partial charge in [-0.1, -0.05) is 13.8 Å². The minimum absolute atomic E-state index is 0.763. The molecule has 1 aliphatic carbocycles. The molecule has 2 fully saturated rings. The van der Waals surface area contributed by atoms with Crippen molar-refractivity contribution in [2.45, 2.75) is 64.6 Å². The Bertz CT molecular complexity index is 199. The van der Waals surface area contributed by atoms with Gasteiger partial charge in [0.1, 0.15) is 0 Å². The Morgan fingerprint density at radius 2 is 2.07 bits per heavy atom. The van der Waals surface area contributed by atoms with Gasteiger partial charge in [0.25, 0.3) is 0 Å². The van der Waals surface area contributed by atoms with E-state index in [0.717, 1.165) is 24.0 Å². The first-order valence-corrected chi connectivity index (χ1v) is 6.66. The van der Waals surface area contributed by atoms with E-state index in [1.165, 1.54) is 38.8 Å². The molecule has 2 unspecified atom stereocenters. The molecule has 2 rings (SSSR count). The van der Waals surface area contributed by atoms with Crippen molar-refractivity contribution in [3.8, 4) is 0 Å². The number of nitrogens with zero attached hydrogens (tertiary/aromatic N) is 1. The first-order chi connectivity index (χ1) is 7.16. The van der Waals surface area contributed by atoms with Crippen LogP contribution in [0, 0.1) is 5.92 Å². The van der Waals surface area contributed by atoms with E-state index in [-0.39, 0.29) is 0 Å². The van der Waals surface area contributed by atoms with Crippen molar-refractivity contribution in [3.63, 3.8) is 0 Å². The maximum absolute atomic E-state index is 3.71. The van der Waals surface area contributed by atoms with Crippen LogP contribution in [0.25, 0.3) is 0 Å². The van der Waals surface area contributed by atoms with Crippen LogP contribution >= 0.6 is 0 Å². The summed E-state index contributed by atoms with van der Waals surface area (Å²) in [5, 5.41) is 3.71. The van der Waals surface area contributed by atoms with Crippen LogP contribution in [-0.2, 0) is 0 Å². The summed E-state index contributed by atoms with van der Waals surface area (Å²) in [6, 6.07) is 2.52. The average molecular weight is 210 g/mol. The molecule has 2 aliphatic rings. The highest BCUT2D eigenvalue weighted by molar-refractivity contribution is 4.95. The van der Waals surface area contributed by atoms with Crippen LogP contribution in [-0.4, -0.2) is 36.1 Å². The SMILES string of the molecule is CC(C)CCNC1CC(C)N(C2CC2)C1. The zero-order valence-corrected chi connectivity index (χ0v) is 10.5. The summed E-state index contributed by atoms with van der Waals surface area (Å²) >= 11 is 0. The van der Waals surface area contributed by atoms with Crippen molar-refractivity contribution in [1.29, 1.82) is 0 Å². The van der Waals surface area contributed by atoms with E-state index in [0.29, 0.717) is 0 Å². The highest BCUT2D eigenvalue weighted by Gasteiger charge is 2.38. The fraction of sp³-hybridized carbons (Fsp3) is 1.00. The Hall–Kier alpha value is -0.0800. The van der Waals surface area contributed by atoms with Gasteiger partial charge in [0, 0.05) is 24.7 Å². The number of nitrogens with one attached hydrogen (secondary N) is 1. The normalized spacial score (nSPS) is 32.8. The first-order valence-electron chi connectivity index (χ1n) is 6.66. The third-order valence-corrected chi connectivity index (χ3v) is 3.79. The lowest BCUT2D eigenvalue weighted by Gasteiger charge is -2.19. The molecule has 1 heterocycles. The van der Waals surface area contributed by atoms with Crippen LogP contribution in [0.5, 0.6) is 0 Å². The minimum atomic E-state index is 0.763. The van der Waals surface area contributed by atoms with Gasteiger partial charge in [-0.2, -0.15) is 0 Å². The third kappa shape index (κ3) is 3.18. The molecule has 1 saturated heterocycles. The van der Waals surface area contributed by atoms with Crippen molar-refractivity contribution in [3.05, 3.63) is 0 Å². The molecule has 88 valence electrons. The van der Waals surface area contributed by atoms with Gasteiger partial charge >= 0.3 is 0 Å². The van der Waals surface area contributed by atoms with E-state index in [1.54, 1.807) is 0 Å². The Kier molecular flexibility index (Phi) is 3.68. The predicted molar refractivity (Wildman–Crippen MR) is 65.1 cm³/mol. The van der Waals surface area contributed by atoms with Crippen molar-refractivity contribution in [2.75, 3.05) is 13.1 Å². The molecule has 0 aromatic heterocycles. The molecule has 1 aliphatic heterocycles. The fourth-order valence-electron chi connectivity index (χ4n) is 2.70. The number of hydrogen-bond donors (Lipinski definition) is 1. The van der Waals surface area contributed by atoms with Gasteiger partial charge in [-0.3, -0.25) is 4.90 Å². The van der Waals surface area contributed by atoms with Gasteiger partial charge in [-0.05, 0) is 45.1 Å². The van der Waals surface area contributed by atoms with Crippen molar-refractivity contribution < 1.29 is 0 Å². The van der Waals surface area contributed by atoms with E-state index in [2.05, 4.69) is 31.0 Å². The number of hydrogen-bond acceptors (Lipinski definition) is 2. The summed E-state index contributed by atoms with van der Waals surface area (Å²) in [4.78, 5) is 2.72. The van der Waals surface area contributed by atoms with Gasteiger partial charge < -0.3 is 5.32 Å². The van der Waals surface area contributed by atoms with Crippen LogP contribution < -0.4 is 5.32 Å². The quantitative estimate of drug-likeness (QED) is 0.749. The zero-order chi connectivity index (χ0) is 10.8. The van der Waals surface area contributed by atoms with Crippen LogP contribution in [0.15, 0.2) is 0 Å². The molecule has 1 N–H and O–H groups in total. The Labute approximate surface area is 94.4 Å². The van der Waals surface area contributed by atoms with Crippen LogP contribution in [0.4, 0.5) is 0 Å². The van der Waals surface area contributed by atoms with Gasteiger partial charge in [0.2, 0.25) is 0 Å². The molecule has 2 heteroatoms. The monoisotopic (exact) mass is 210 g/mol. The van der Waals surface area contributed by atoms with E-state index < -0.39 is 0 Å². The van der Waals surface area contributed by atoms with Crippen molar-refractivity contribution >= 4 is 0 Å². The molecule has 0 spiro atoms. The minimum Gasteiger partial charge on any atom is -0.313 e. The molecule has 0 bridgehead atoms. The summed E-state index contributed by atoms with van der Waals surface area (Å²) in [7, 11) is 0. The Balaban J connectivity index is 1.67. The Morgan fingerprint density at radius 1 is 1.33 bits per heavy atom. The number of rotatable bonds is 5. The summed E-state index contributed by atoms with van der Waals surface area (Å²) < 4.78 is 0. The highest BCUT2D eigenvalue weighted by Crippen LogP contribution is 2.33. The van der Waals surface area contributed by atoms with Crippen molar-refractivity contribution in [1.82, 2.24) is 10.2 Å². The number of likely N-dealkylation sites (tertiary alicyclic amines) is 1. The third-order valence-electron chi connectivity index (χ3n) is 3.79. The summed E-state index contributed by atoms with van der Waals surface area (Å²) in [5.41, 5.74) is 0. The molecule has 1 saturated carbocycles. The van der Waals surface area contributed by atoms with Gasteiger partial charge in [0.15, 0.2) is 0 Å². The topological polar surface area (TPSA) is 15.3 Å². The molecular formula is C13H26N2. The first kappa shape index (κ1) is 11.4. The molecule has 0 radical (unpaired) electrons. The van der Waals surface area contributed by atoms with Crippen molar-refractivity contribution in [2.24, 2.45) is 5.92 Å². The van der Waals surface area contributed by atoms with E-state index in [9.17, 15) is 0 Å². The molecule has 2 nitrogen and oxygen atoms in total. The second kappa shape index (κ2) is 4.84. The lowest BCUT2D eigenvalue weighted by atomic mass is 10.1. The molecule has 0 aromatic rings. The molecule has 15 heavy (non-hydrogen) atoms. The van der Waals surface area contributed by atoms with Gasteiger partial charge in [-0.15, -0.1) is 0 Å². The zero-order valence-electron chi connectivity index (χ0n) is 10.5. The standard InChI is InChI=1S/C13H26N2/c1-10(2)6-7-14-12-8-11(3)15(9-12)13-4-5-13/h10-14H,4-9H2,1-3H3. The van der Waals surface area contributed by atoms with Crippen LogP contribution in [0.1, 0.15) is 46.5 Å². The maximum Gasteiger partial charge on any atom is 0.0210 e. The Morgan fingerprint density at radius 3 is 2.67 bits per heavy atom. The molecule has 0 amide bonds. The summed E-state index contributed by atoms with van der Waals surface area (Å²) in [5.74, 6) is 0.830. The molecular weight excluding hydrogens is 184 g/mol. The molecule has 0 aromatic carbocycles. The smallest absolute Gasteiger partial charge is 0.0210 e. The second-order valence-electron chi connectivity index (χ2n) is 5.85.